The van der Waals surface area contributed by atoms with Crippen molar-refractivity contribution in [2.75, 3.05) is 56.1 Å². The molecule has 8 nitrogen and oxygen atoms in total. The third kappa shape index (κ3) is 7.33. The van der Waals surface area contributed by atoms with Crippen molar-refractivity contribution < 1.29 is 18.9 Å². The Kier molecular flexibility index (Phi) is 12.0. The highest BCUT2D eigenvalue weighted by atomic mass is 127. The van der Waals surface area contributed by atoms with E-state index in [1.54, 1.807) is 35.5 Å². The molecule has 0 fully saturated rings. The van der Waals surface area contributed by atoms with Gasteiger partial charge in [-0.2, -0.15) is 0 Å². The lowest BCUT2D eigenvalue weighted by Crippen LogP contribution is -2.41. The number of nitrogens with zero attached hydrogens (tertiary/aromatic N) is 2. The molecule has 0 aliphatic carbocycles. The molecular formula is C23H35IN4O4. The topological polar surface area (TPSA) is 76.6 Å². The first-order valence-corrected chi connectivity index (χ1v) is 10.0. The molecule has 0 aliphatic heterocycles. The molecule has 2 aromatic carbocycles. The van der Waals surface area contributed by atoms with Crippen molar-refractivity contribution in [2.24, 2.45) is 4.99 Å². The van der Waals surface area contributed by atoms with E-state index in [2.05, 4.69) is 20.5 Å². The van der Waals surface area contributed by atoms with Crippen LogP contribution in [0.1, 0.15) is 17.2 Å². The Morgan fingerprint density at radius 3 is 1.94 bits per heavy atom. The second-order valence-corrected chi connectivity index (χ2v) is 7.09. The van der Waals surface area contributed by atoms with E-state index in [-0.39, 0.29) is 30.0 Å². The number of methoxy groups -OCH3 is 4. The summed E-state index contributed by atoms with van der Waals surface area (Å²) in [6.45, 7) is 1.26. The van der Waals surface area contributed by atoms with Crippen molar-refractivity contribution in [1.29, 1.82) is 0 Å². The lowest BCUT2D eigenvalue weighted by atomic mass is 10.1. The van der Waals surface area contributed by atoms with Gasteiger partial charge in [0, 0.05) is 20.1 Å². The summed E-state index contributed by atoms with van der Waals surface area (Å²) in [5.74, 6) is 3.54. The van der Waals surface area contributed by atoms with E-state index in [1.165, 1.54) is 0 Å². The number of benzene rings is 2. The molecule has 0 saturated heterocycles. The molecular weight excluding hydrogens is 523 g/mol. The number of hydrogen-bond donors (Lipinski definition) is 2. The zero-order valence-electron chi connectivity index (χ0n) is 19.9. The van der Waals surface area contributed by atoms with Gasteiger partial charge in [-0.05, 0) is 49.5 Å². The van der Waals surface area contributed by atoms with E-state index < -0.39 is 0 Å². The molecule has 9 heteroatoms. The smallest absolute Gasteiger partial charge is 0.191 e. The summed E-state index contributed by atoms with van der Waals surface area (Å²) < 4.78 is 21.5. The SMILES string of the molecule is CN=C(NCc1ccc(OC)c(OC)c1)NCC(c1ccc(OC)c(OC)c1)N(C)C.I. The van der Waals surface area contributed by atoms with E-state index in [1.807, 2.05) is 50.5 Å². The first-order chi connectivity index (χ1) is 15.0. The molecule has 32 heavy (non-hydrogen) atoms. The van der Waals surface area contributed by atoms with Crippen LogP contribution in [0.4, 0.5) is 0 Å². The van der Waals surface area contributed by atoms with Gasteiger partial charge in [0.1, 0.15) is 0 Å². The van der Waals surface area contributed by atoms with Gasteiger partial charge < -0.3 is 34.5 Å². The Bertz CT molecular complexity index is 877. The van der Waals surface area contributed by atoms with Gasteiger partial charge in [-0.1, -0.05) is 12.1 Å². The second-order valence-electron chi connectivity index (χ2n) is 7.09. The highest BCUT2D eigenvalue weighted by Gasteiger charge is 2.17. The van der Waals surface area contributed by atoms with Crippen LogP contribution in [0.3, 0.4) is 0 Å². The molecule has 0 heterocycles. The van der Waals surface area contributed by atoms with Crippen LogP contribution in [0, 0.1) is 0 Å². The summed E-state index contributed by atoms with van der Waals surface area (Å²) in [7, 11) is 12.4. The predicted octanol–water partition coefficient (Wildman–Crippen LogP) is 3.31. The number of ether oxygens (including phenoxy) is 4. The normalized spacial score (nSPS) is 11.9. The van der Waals surface area contributed by atoms with E-state index in [4.69, 9.17) is 18.9 Å². The van der Waals surface area contributed by atoms with Crippen LogP contribution >= 0.6 is 24.0 Å². The van der Waals surface area contributed by atoms with Crippen LogP contribution in [0.2, 0.25) is 0 Å². The largest absolute Gasteiger partial charge is 0.493 e. The maximum atomic E-state index is 5.46. The fraction of sp³-hybridized carbons (Fsp3) is 0.435. The minimum Gasteiger partial charge on any atom is -0.493 e. The van der Waals surface area contributed by atoms with E-state index in [9.17, 15) is 0 Å². The molecule has 0 amide bonds. The van der Waals surface area contributed by atoms with E-state index in [0.29, 0.717) is 42.0 Å². The number of hydrogen-bond acceptors (Lipinski definition) is 6. The molecule has 2 N–H and O–H groups in total. The summed E-state index contributed by atoms with van der Waals surface area (Å²) in [5, 5.41) is 6.75. The first-order valence-electron chi connectivity index (χ1n) is 10.0. The molecule has 0 radical (unpaired) electrons. The van der Waals surface area contributed by atoms with Gasteiger partial charge in [0.2, 0.25) is 0 Å². The van der Waals surface area contributed by atoms with E-state index in [0.717, 1.165) is 11.1 Å². The molecule has 2 rings (SSSR count). The zero-order chi connectivity index (χ0) is 22.8. The summed E-state index contributed by atoms with van der Waals surface area (Å²) in [6, 6.07) is 11.9. The highest BCUT2D eigenvalue weighted by molar-refractivity contribution is 14.0. The molecule has 0 spiro atoms. The quantitative estimate of drug-likeness (QED) is 0.263. The number of aliphatic imine (C=N–C) groups is 1. The van der Waals surface area contributed by atoms with Crippen LogP contribution < -0.4 is 29.6 Å². The molecule has 1 atom stereocenters. The highest BCUT2D eigenvalue weighted by Crippen LogP contribution is 2.31. The second kappa shape index (κ2) is 13.9. The number of nitrogens with one attached hydrogen (secondary N) is 2. The molecule has 1 unspecified atom stereocenters. The molecule has 0 saturated carbocycles. The van der Waals surface area contributed by atoms with E-state index >= 15 is 0 Å². The van der Waals surface area contributed by atoms with Gasteiger partial charge in [-0.15, -0.1) is 24.0 Å². The minimum absolute atomic E-state index is 0. The average Bonchev–Trinajstić information content (AvgIpc) is 2.80. The molecule has 2 aromatic rings. The van der Waals surface area contributed by atoms with Crippen LogP contribution in [-0.4, -0.2) is 67.0 Å². The van der Waals surface area contributed by atoms with Gasteiger partial charge in [-0.25, -0.2) is 0 Å². The molecule has 0 aliphatic rings. The third-order valence-electron chi connectivity index (χ3n) is 5.01. The summed E-state index contributed by atoms with van der Waals surface area (Å²) in [4.78, 5) is 6.49. The number of guanidine groups is 1. The minimum atomic E-state index is 0. The number of likely N-dealkylation sites (N-methyl/N-ethyl adjacent to an activating group) is 1. The number of rotatable bonds is 10. The third-order valence-corrected chi connectivity index (χ3v) is 5.01. The van der Waals surface area contributed by atoms with Gasteiger partial charge in [0.15, 0.2) is 29.0 Å². The van der Waals surface area contributed by atoms with Crippen LogP contribution in [0.5, 0.6) is 23.0 Å². The maximum Gasteiger partial charge on any atom is 0.191 e. The molecule has 0 aromatic heterocycles. The van der Waals surface area contributed by atoms with Crippen molar-refractivity contribution in [2.45, 2.75) is 12.6 Å². The lowest BCUT2D eigenvalue weighted by molar-refractivity contribution is 0.295. The predicted molar refractivity (Wildman–Crippen MR) is 139 cm³/mol. The Morgan fingerprint density at radius 2 is 1.41 bits per heavy atom. The fourth-order valence-corrected chi connectivity index (χ4v) is 3.25. The maximum absolute atomic E-state index is 5.46. The van der Waals surface area contributed by atoms with Crippen molar-refractivity contribution in [3.63, 3.8) is 0 Å². The Labute approximate surface area is 208 Å². The van der Waals surface area contributed by atoms with Crippen LogP contribution in [0.15, 0.2) is 41.4 Å². The van der Waals surface area contributed by atoms with Gasteiger partial charge in [0.25, 0.3) is 0 Å². The van der Waals surface area contributed by atoms with Gasteiger partial charge >= 0.3 is 0 Å². The molecule has 0 bridgehead atoms. The van der Waals surface area contributed by atoms with Crippen molar-refractivity contribution in [1.82, 2.24) is 15.5 Å². The first kappa shape index (κ1) is 27.6. The van der Waals surface area contributed by atoms with Gasteiger partial charge in [0.05, 0.1) is 34.5 Å². The van der Waals surface area contributed by atoms with Crippen molar-refractivity contribution in [3.05, 3.63) is 47.5 Å². The van der Waals surface area contributed by atoms with Crippen LogP contribution in [0.25, 0.3) is 0 Å². The fourth-order valence-electron chi connectivity index (χ4n) is 3.25. The monoisotopic (exact) mass is 558 g/mol. The van der Waals surface area contributed by atoms with Crippen LogP contribution in [-0.2, 0) is 6.54 Å². The summed E-state index contributed by atoms with van der Waals surface area (Å²) in [5.41, 5.74) is 2.18. The average molecular weight is 558 g/mol. The zero-order valence-corrected chi connectivity index (χ0v) is 22.2. The van der Waals surface area contributed by atoms with Crippen molar-refractivity contribution >= 4 is 29.9 Å². The Morgan fingerprint density at radius 1 is 0.844 bits per heavy atom. The Balaban J connectivity index is 0.00000512. The standard InChI is InChI=1S/C23H34N4O4.HI/c1-24-23(25-14-16-8-10-19(28-4)21(12-16)30-6)26-15-18(27(2)3)17-9-11-20(29-5)22(13-17)31-7;/h8-13,18H,14-15H2,1-7H3,(H2,24,25,26);1H. The van der Waals surface area contributed by atoms with Gasteiger partial charge in [-0.3, -0.25) is 4.99 Å². The summed E-state index contributed by atoms with van der Waals surface area (Å²) in [6.07, 6.45) is 0. The number of halogens is 1. The summed E-state index contributed by atoms with van der Waals surface area (Å²) >= 11 is 0. The molecule has 178 valence electrons. The Hall–Kier alpha value is -2.40. The van der Waals surface area contributed by atoms with Crippen molar-refractivity contribution in [3.8, 4) is 23.0 Å². The lowest BCUT2D eigenvalue weighted by Gasteiger charge is -2.26.